The van der Waals surface area contributed by atoms with Crippen LogP contribution in [0.5, 0.6) is 0 Å². The third-order valence-corrected chi connectivity index (χ3v) is 5.29. The Kier molecular flexibility index (Phi) is 7.96. The molecule has 3 N–H and O–H groups in total. The fourth-order valence-electron chi connectivity index (χ4n) is 2.66. The van der Waals surface area contributed by atoms with Crippen molar-refractivity contribution in [1.82, 2.24) is 14.5 Å². The lowest BCUT2D eigenvalue weighted by atomic mass is 10.1. The van der Waals surface area contributed by atoms with E-state index in [1.54, 1.807) is 10.9 Å². The van der Waals surface area contributed by atoms with Crippen molar-refractivity contribution in [3.8, 4) is 0 Å². The molecule has 1 fully saturated rings. The van der Waals surface area contributed by atoms with Crippen LogP contribution < -0.4 is 10.5 Å². The van der Waals surface area contributed by atoms with Gasteiger partial charge in [0.25, 0.3) is 0 Å². The second-order valence-corrected chi connectivity index (χ2v) is 7.90. The first kappa shape index (κ1) is 20.4. The van der Waals surface area contributed by atoms with E-state index in [1.807, 2.05) is 13.8 Å². The zero-order valence-electron chi connectivity index (χ0n) is 13.6. The van der Waals surface area contributed by atoms with Crippen molar-refractivity contribution in [2.24, 2.45) is 11.7 Å². The highest BCUT2D eigenvalue weighted by Gasteiger charge is 2.23. The second-order valence-electron chi connectivity index (χ2n) is 6.18. The minimum Gasteiger partial charge on any atom is -0.381 e. The molecule has 7 nitrogen and oxygen atoms in total. The van der Waals surface area contributed by atoms with Gasteiger partial charge in [-0.05, 0) is 25.2 Å². The fraction of sp³-hybridized carbons (Fsp3) is 0.786. The third-order valence-electron chi connectivity index (χ3n) is 3.82. The Labute approximate surface area is 144 Å². The van der Waals surface area contributed by atoms with E-state index < -0.39 is 10.0 Å². The fourth-order valence-corrected chi connectivity index (χ4v) is 3.86. The van der Waals surface area contributed by atoms with Crippen LogP contribution in [0.3, 0.4) is 0 Å². The van der Waals surface area contributed by atoms with E-state index in [-0.39, 0.29) is 35.9 Å². The van der Waals surface area contributed by atoms with E-state index in [0.29, 0.717) is 25.6 Å². The van der Waals surface area contributed by atoms with Crippen LogP contribution in [-0.4, -0.2) is 44.0 Å². The van der Waals surface area contributed by atoms with Crippen LogP contribution in [0.2, 0.25) is 0 Å². The van der Waals surface area contributed by atoms with E-state index in [2.05, 4.69) is 9.82 Å². The molecular formula is C14H27ClN4O3S. The molecule has 2 heterocycles. The number of hydrogen-bond acceptors (Lipinski definition) is 5. The maximum atomic E-state index is 12.4. The number of nitrogens with zero attached hydrogens (tertiary/aromatic N) is 2. The Hall–Kier alpha value is -0.670. The molecule has 1 unspecified atom stereocenters. The van der Waals surface area contributed by atoms with E-state index in [1.165, 1.54) is 6.20 Å². The van der Waals surface area contributed by atoms with E-state index >= 15 is 0 Å². The Morgan fingerprint density at radius 2 is 2.09 bits per heavy atom. The Balaban J connectivity index is 0.00000264. The predicted molar refractivity (Wildman–Crippen MR) is 91.2 cm³/mol. The number of nitrogens with two attached hydrogens (primary N) is 1. The number of rotatable bonds is 7. The average Bonchev–Trinajstić information content (AvgIpc) is 2.97. The highest BCUT2D eigenvalue weighted by Crippen LogP contribution is 2.21. The maximum absolute atomic E-state index is 12.4. The van der Waals surface area contributed by atoms with Crippen LogP contribution >= 0.6 is 12.4 Å². The average molecular weight is 367 g/mol. The third kappa shape index (κ3) is 5.72. The molecule has 2 rings (SSSR count). The summed E-state index contributed by atoms with van der Waals surface area (Å²) in [5.74, 6) is 0.376. The van der Waals surface area contributed by atoms with Crippen molar-refractivity contribution < 1.29 is 13.2 Å². The summed E-state index contributed by atoms with van der Waals surface area (Å²) in [7, 11) is -3.58. The lowest BCUT2D eigenvalue weighted by Crippen LogP contribution is -2.40. The van der Waals surface area contributed by atoms with Gasteiger partial charge >= 0.3 is 0 Å². The molecule has 1 aromatic heterocycles. The zero-order valence-corrected chi connectivity index (χ0v) is 15.3. The van der Waals surface area contributed by atoms with Gasteiger partial charge in [-0.1, -0.05) is 13.8 Å². The van der Waals surface area contributed by atoms with Gasteiger partial charge in [-0.25, -0.2) is 13.1 Å². The molecular weight excluding hydrogens is 340 g/mol. The van der Waals surface area contributed by atoms with Crippen LogP contribution in [0.25, 0.3) is 0 Å². The number of halogens is 1. The van der Waals surface area contributed by atoms with Gasteiger partial charge in [-0.2, -0.15) is 5.10 Å². The Bertz CT molecular complexity index is 570. The predicted octanol–water partition coefficient (Wildman–Crippen LogP) is 1.31. The molecule has 0 bridgehead atoms. The quantitative estimate of drug-likeness (QED) is 0.757. The summed E-state index contributed by atoms with van der Waals surface area (Å²) in [5, 5.41) is 4.21. The molecule has 1 aliphatic rings. The van der Waals surface area contributed by atoms with Gasteiger partial charge in [0, 0.05) is 32.0 Å². The number of aromatic nitrogens is 2. The van der Waals surface area contributed by atoms with Gasteiger partial charge in [0.2, 0.25) is 10.0 Å². The molecule has 1 aliphatic heterocycles. The van der Waals surface area contributed by atoms with Crippen LogP contribution in [0.15, 0.2) is 17.3 Å². The van der Waals surface area contributed by atoms with Crippen molar-refractivity contribution in [1.29, 1.82) is 0 Å². The summed E-state index contributed by atoms with van der Waals surface area (Å²) >= 11 is 0. The summed E-state index contributed by atoms with van der Waals surface area (Å²) in [6.07, 6.45) is 5.42. The molecule has 0 spiro atoms. The first-order chi connectivity index (χ1) is 10.4. The molecule has 0 aliphatic carbocycles. The van der Waals surface area contributed by atoms with Gasteiger partial charge in [-0.15, -0.1) is 12.4 Å². The van der Waals surface area contributed by atoms with E-state index in [4.69, 9.17) is 10.5 Å². The minimum absolute atomic E-state index is 0. The highest BCUT2D eigenvalue weighted by molar-refractivity contribution is 7.89. The van der Waals surface area contributed by atoms with Crippen molar-refractivity contribution in [3.63, 3.8) is 0 Å². The molecule has 0 radical (unpaired) electrons. The van der Waals surface area contributed by atoms with E-state index in [9.17, 15) is 8.42 Å². The van der Waals surface area contributed by atoms with Crippen molar-refractivity contribution >= 4 is 22.4 Å². The van der Waals surface area contributed by atoms with E-state index in [0.717, 1.165) is 12.8 Å². The largest absolute Gasteiger partial charge is 0.381 e. The molecule has 1 aromatic rings. The zero-order chi connectivity index (χ0) is 16.2. The number of hydrogen-bond donors (Lipinski definition) is 2. The summed E-state index contributed by atoms with van der Waals surface area (Å²) in [5.41, 5.74) is 5.67. The SMILES string of the molecule is CC(C)CC(CN)NS(=O)(=O)c1cnn(C2CCOCC2)c1.Cl. The van der Waals surface area contributed by atoms with Crippen LogP contribution in [-0.2, 0) is 14.8 Å². The monoisotopic (exact) mass is 366 g/mol. The minimum atomic E-state index is -3.58. The van der Waals surface area contributed by atoms with Crippen LogP contribution in [0.1, 0.15) is 39.2 Å². The van der Waals surface area contributed by atoms with Crippen LogP contribution in [0, 0.1) is 5.92 Å². The Morgan fingerprint density at radius 3 is 2.65 bits per heavy atom. The lowest BCUT2D eigenvalue weighted by Gasteiger charge is -2.22. The highest BCUT2D eigenvalue weighted by atomic mass is 35.5. The van der Waals surface area contributed by atoms with Gasteiger partial charge in [-0.3, -0.25) is 4.68 Å². The standard InChI is InChI=1S/C14H26N4O3S.ClH/c1-11(2)7-12(8-15)17-22(19,20)14-9-16-18(10-14)13-3-5-21-6-4-13;/h9-13,17H,3-8,15H2,1-2H3;1H. The molecule has 9 heteroatoms. The first-order valence-electron chi connectivity index (χ1n) is 7.76. The van der Waals surface area contributed by atoms with Crippen molar-refractivity contribution in [2.75, 3.05) is 19.8 Å². The summed E-state index contributed by atoms with van der Waals surface area (Å²) < 4.78 is 34.6. The second kappa shape index (κ2) is 8.98. The van der Waals surface area contributed by atoms with Crippen LogP contribution in [0.4, 0.5) is 0 Å². The molecule has 1 atom stereocenters. The van der Waals surface area contributed by atoms with Gasteiger partial charge in [0.15, 0.2) is 0 Å². The lowest BCUT2D eigenvalue weighted by molar-refractivity contribution is 0.0662. The number of sulfonamides is 1. The molecule has 1 saturated heterocycles. The Morgan fingerprint density at radius 1 is 1.43 bits per heavy atom. The smallest absolute Gasteiger partial charge is 0.243 e. The van der Waals surface area contributed by atoms with Gasteiger partial charge in [0.05, 0.1) is 12.2 Å². The van der Waals surface area contributed by atoms with Gasteiger partial charge < -0.3 is 10.5 Å². The molecule has 23 heavy (non-hydrogen) atoms. The molecule has 0 amide bonds. The van der Waals surface area contributed by atoms with Gasteiger partial charge in [0.1, 0.15) is 4.90 Å². The topological polar surface area (TPSA) is 99.2 Å². The maximum Gasteiger partial charge on any atom is 0.243 e. The summed E-state index contributed by atoms with van der Waals surface area (Å²) in [6.45, 7) is 5.74. The molecule has 0 aromatic carbocycles. The first-order valence-corrected chi connectivity index (χ1v) is 9.25. The number of nitrogens with one attached hydrogen (secondary N) is 1. The van der Waals surface area contributed by atoms with Crippen molar-refractivity contribution in [3.05, 3.63) is 12.4 Å². The number of ether oxygens (including phenoxy) is 1. The molecule has 134 valence electrons. The normalized spacial score (nSPS) is 17.9. The summed E-state index contributed by atoms with van der Waals surface area (Å²) in [6, 6.07) is -0.0462. The molecule has 0 saturated carbocycles. The van der Waals surface area contributed by atoms with Crippen molar-refractivity contribution in [2.45, 2.75) is 50.1 Å². The summed E-state index contributed by atoms with van der Waals surface area (Å²) in [4.78, 5) is 0.196.